The number of carbonyl (C=O) groups is 2. The summed E-state index contributed by atoms with van der Waals surface area (Å²) in [4.78, 5) is 24.9. The highest BCUT2D eigenvalue weighted by Gasteiger charge is 2.38. The van der Waals surface area contributed by atoms with Crippen LogP contribution in [0.4, 0.5) is 11.4 Å². The molecule has 2 amide bonds. The molecule has 1 heterocycles. The third-order valence-corrected chi connectivity index (χ3v) is 3.09. The number of anilines is 2. The number of aliphatic hydroxyl groups excluding tert-OH is 1. The van der Waals surface area contributed by atoms with Crippen molar-refractivity contribution in [1.29, 1.82) is 0 Å². The van der Waals surface area contributed by atoms with Crippen molar-refractivity contribution < 1.29 is 14.7 Å². The zero-order valence-corrected chi connectivity index (χ0v) is 10.2. The summed E-state index contributed by atoms with van der Waals surface area (Å²) in [5, 5.41) is 9.57. The van der Waals surface area contributed by atoms with E-state index in [0.29, 0.717) is 11.4 Å². The van der Waals surface area contributed by atoms with Crippen LogP contribution in [-0.2, 0) is 4.79 Å². The Morgan fingerprint density at radius 2 is 1.79 bits per heavy atom. The number of rotatable bonds is 2. The number of β-amino-alcohol motifs (C(OH)–C–C–N with tert-alkyl or cyclic N) is 1. The van der Waals surface area contributed by atoms with Gasteiger partial charge in [0.15, 0.2) is 0 Å². The first kappa shape index (κ1) is 13.2. The first-order valence-electron chi connectivity index (χ1n) is 5.83. The summed E-state index contributed by atoms with van der Waals surface area (Å²) in [5.41, 5.74) is 17.5. The molecule has 0 saturated carbocycles. The van der Waals surface area contributed by atoms with Gasteiger partial charge in [-0.05, 0) is 18.2 Å². The highest BCUT2D eigenvalue weighted by molar-refractivity contribution is 5.99. The van der Waals surface area contributed by atoms with Crippen LogP contribution in [-0.4, -0.2) is 40.5 Å². The summed E-state index contributed by atoms with van der Waals surface area (Å²) in [6.45, 7) is 0.0706. The molecule has 102 valence electrons. The molecule has 0 radical (unpaired) electrons. The predicted octanol–water partition coefficient (Wildman–Crippen LogP) is -1.09. The van der Waals surface area contributed by atoms with Crippen LogP contribution in [0.2, 0.25) is 0 Å². The number of aliphatic hydroxyl groups is 1. The molecule has 19 heavy (non-hydrogen) atoms. The topological polar surface area (TPSA) is 136 Å². The molecular formula is C12H16N4O3. The van der Waals surface area contributed by atoms with E-state index in [1.807, 2.05) is 0 Å². The van der Waals surface area contributed by atoms with E-state index in [1.165, 1.54) is 23.1 Å². The molecule has 1 aromatic carbocycles. The van der Waals surface area contributed by atoms with E-state index >= 15 is 0 Å². The van der Waals surface area contributed by atoms with Gasteiger partial charge in [0.05, 0.1) is 6.10 Å². The maximum absolute atomic E-state index is 12.3. The fourth-order valence-corrected chi connectivity index (χ4v) is 2.27. The van der Waals surface area contributed by atoms with Crippen LogP contribution in [0.5, 0.6) is 0 Å². The van der Waals surface area contributed by atoms with Crippen LogP contribution < -0.4 is 17.2 Å². The summed E-state index contributed by atoms with van der Waals surface area (Å²) < 4.78 is 0. The second-order valence-electron chi connectivity index (χ2n) is 4.65. The molecule has 2 unspecified atom stereocenters. The number of likely N-dealkylation sites (tertiary alicyclic amines) is 1. The van der Waals surface area contributed by atoms with Crippen LogP contribution in [0.1, 0.15) is 16.8 Å². The lowest BCUT2D eigenvalue weighted by atomic mass is 10.1. The molecule has 2 rings (SSSR count). The van der Waals surface area contributed by atoms with Crippen molar-refractivity contribution in [2.45, 2.75) is 18.6 Å². The standard InChI is InChI=1S/C12H16N4O3/c13-7-1-6(2-8(14)3-7)12(19)16-5-9(17)4-10(16)11(15)18/h1-3,9-10,17H,4-5,13-14H2,(H2,15,18). The summed E-state index contributed by atoms with van der Waals surface area (Å²) >= 11 is 0. The van der Waals surface area contributed by atoms with Gasteiger partial charge in [-0.2, -0.15) is 0 Å². The van der Waals surface area contributed by atoms with E-state index in [2.05, 4.69) is 0 Å². The lowest BCUT2D eigenvalue weighted by Gasteiger charge is -2.22. The van der Waals surface area contributed by atoms with Crippen molar-refractivity contribution in [3.8, 4) is 0 Å². The normalized spacial score (nSPS) is 22.5. The maximum atomic E-state index is 12.3. The third-order valence-electron chi connectivity index (χ3n) is 3.09. The van der Waals surface area contributed by atoms with Gasteiger partial charge in [0.25, 0.3) is 5.91 Å². The molecule has 7 nitrogen and oxygen atoms in total. The van der Waals surface area contributed by atoms with E-state index in [-0.39, 0.29) is 18.5 Å². The number of nitrogens with two attached hydrogens (primary N) is 3. The predicted molar refractivity (Wildman–Crippen MR) is 69.9 cm³/mol. The van der Waals surface area contributed by atoms with Crippen molar-refractivity contribution in [2.24, 2.45) is 5.73 Å². The molecule has 7 heteroatoms. The third kappa shape index (κ3) is 2.60. The van der Waals surface area contributed by atoms with Crippen molar-refractivity contribution in [3.05, 3.63) is 23.8 Å². The van der Waals surface area contributed by atoms with E-state index < -0.39 is 24.0 Å². The maximum Gasteiger partial charge on any atom is 0.254 e. The molecule has 0 bridgehead atoms. The summed E-state index contributed by atoms with van der Waals surface area (Å²) in [7, 11) is 0. The Labute approximate surface area is 110 Å². The highest BCUT2D eigenvalue weighted by atomic mass is 16.3. The van der Waals surface area contributed by atoms with Gasteiger partial charge in [0.2, 0.25) is 5.91 Å². The minimum absolute atomic E-state index is 0.0706. The number of amides is 2. The number of primary amides is 1. The molecule has 1 fully saturated rings. The summed E-state index contributed by atoms with van der Waals surface area (Å²) in [5.74, 6) is -1.05. The SMILES string of the molecule is NC(=O)C1CC(O)CN1C(=O)c1cc(N)cc(N)c1. The molecular weight excluding hydrogens is 248 g/mol. The van der Waals surface area contributed by atoms with E-state index in [0.717, 1.165) is 0 Å². The lowest BCUT2D eigenvalue weighted by Crippen LogP contribution is -2.43. The van der Waals surface area contributed by atoms with Gasteiger partial charge in [-0.15, -0.1) is 0 Å². The van der Waals surface area contributed by atoms with Crippen LogP contribution in [0.25, 0.3) is 0 Å². The Bertz CT molecular complexity index is 511. The van der Waals surface area contributed by atoms with E-state index in [4.69, 9.17) is 17.2 Å². The molecule has 2 atom stereocenters. The van der Waals surface area contributed by atoms with Crippen LogP contribution in [0.15, 0.2) is 18.2 Å². The Balaban J connectivity index is 2.30. The number of benzene rings is 1. The minimum atomic E-state index is -0.801. The quantitative estimate of drug-likeness (QED) is 0.503. The summed E-state index contributed by atoms with van der Waals surface area (Å²) in [6.07, 6.45) is -0.598. The van der Waals surface area contributed by atoms with E-state index in [9.17, 15) is 14.7 Å². The first-order chi connectivity index (χ1) is 8.88. The van der Waals surface area contributed by atoms with Gasteiger partial charge in [0.1, 0.15) is 6.04 Å². The highest BCUT2D eigenvalue weighted by Crippen LogP contribution is 2.22. The Morgan fingerprint density at radius 3 is 2.32 bits per heavy atom. The van der Waals surface area contributed by atoms with Crippen molar-refractivity contribution in [2.75, 3.05) is 18.0 Å². The fourth-order valence-electron chi connectivity index (χ4n) is 2.27. The molecule has 0 spiro atoms. The largest absolute Gasteiger partial charge is 0.399 e. The number of nitrogens with zero attached hydrogens (tertiary/aromatic N) is 1. The van der Waals surface area contributed by atoms with Crippen LogP contribution >= 0.6 is 0 Å². The molecule has 1 aliphatic rings. The lowest BCUT2D eigenvalue weighted by molar-refractivity contribution is -0.121. The summed E-state index contributed by atoms with van der Waals surface area (Å²) in [6, 6.07) is 3.68. The fraction of sp³-hybridized carbons (Fsp3) is 0.333. The first-order valence-corrected chi connectivity index (χ1v) is 5.83. The second kappa shape index (κ2) is 4.77. The van der Waals surface area contributed by atoms with Gasteiger partial charge < -0.3 is 27.2 Å². The smallest absolute Gasteiger partial charge is 0.254 e. The molecule has 7 N–H and O–H groups in total. The van der Waals surface area contributed by atoms with Crippen molar-refractivity contribution >= 4 is 23.2 Å². The zero-order valence-electron chi connectivity index (χ0n) is 10.2. The zero-order chi connectivity index (χ0) is 14.2. The van der Waals surface area contributed by atoms with E-state index in [1.54, 1.807) is 0 Å². The van der Waals surface area contributed by atoms with Gasteiger partial charge in [-0.1, -0.05) is 0 Å². The second-order valence-corrected chi connectivity index (χ2v) is 4.65. The average molecular weight is 264 g/mol. The van der Waals surface area contributed by atoms with Crippen LogP contribution in [0, 0.1) is 0 Å². The van der Waals surface area contributed by atoms with Crippen molar-refractivity contribution in [1.82, 2.24) is 4.90 Å². The molecule has 1 aromatic rings. The number of nitrogen functional groups attached to an aromatic ring is 2. The average Bonchev–Trinajstić information content (AvgIpc) is 2.69. The van der Waals surface area contributed by atoms with Crippen LogP contribution in [0.3, 0.4) is 0 Å². The number of hydrogen-bond donors (Lipinski definition) is 4. The monoisotopic (exact) mass is 264 g/mol. The molecule has 0 aliphatic carbocycles. The molecule has 0 aromatic heterocycles. The van der Waals surface area contributed by atoms with Gasteiger partial charge in [-0.25, -0.2) is 0 Å². The Hall–Kier alpha value is -2.28. The molecule has 1 saturated heterocycles. The van der Waals surface area contributed by atoms with Gasteiger partial charge >= 0.3 is 0 Å². The van der Waals surface area contributed by atoms with Gasteiger partial charge in [-0.3, -0.25) is 9.59 Å². The molecule has 1 aliphatic heterocycles. The number of hydrogen-bond acceptors (Lipinski definition) is 5. The minimum Gasteiger partial charge on any atom is -0.399 e. The Kier molecular flexibility index (Phi) is 3.30. The number of carbonyl (C=O) groups excluding carboxylic acids is 2. The van der Waals surface area contributed by atoms with Crippen molar-refractivity contribution in [3.63, 3.8) is 0 Å². The Morgan fingerprint density at radius 1 is 1.21 bits per heavy atom. The van der Waals surface area contributed by atoms with Gasteiger partial charge in [0, 0.05) is 29.9 Å².